The zero-order valence-corrected chi connectivity index (χ0v) is 12.3. The Balaban J connectivity index is 1.92. The van der Waals surface area contributed by atoms with Gasteiger partial charge in [-0.25, -0.2) is 0 Å². The summed E-state index contributed by atoms with van der Waals surface area (Å²) < 4.78 is 0. The molecule has 1 aromatic rings. The van der Waals surface area contributed by atoms with E-state index < -0.39 is 0 Å². The molecule has 1 aliphatic heterocycles. The fraction of sp³-hybridized carbons (Fsp3) is 0.471. The van der Waals surface area contributed by atoms with Crippen LogP contribution in [0.2, 0.25) is 0 Å². The third-order valence-corrected chi connectivity index (χ3v) is 3.67. The van der Waals surface area contributed by atoms with Crippen molar-refractivity contribution >= 4 is 5.71 Å². The predicted octanol–water partition coefficient (Wildman–Crippen LogP) is 3.49. The fourth-order valence-electron chi connectivity index (χ4n) is 2.74. The van der Waals surface area contributed by atoms with Crippen molar-refractivity contribution in [2.75, 3.05) is 19.6 Å². The van der Waals surface area contributed by atoms with Crippen molar-refractivity contribution < 1.29 is 5.21 Å². The quantitative estimate of drug-likeness (QED) is 0.372. The van der Waals surface area contributed by atoms with Gasteiger partial charge < -0.3 is 5.21 Å². The Bertz CT molecular complexity index is 465. The Morgan fingerprint density at radius 1 is 1.25 bits per heavy atom. The average Bonchev–Trinajstić information content (AvgIpc) is 2.48. The Kier molecular flexibility index (Phi) is 5.81. The number of benzene rings is 1. The second-order valence-corrected chi connectivity index (χ2v) is 5.43. The minimum atomic E-state index is 0.725. The van der Waals surface area contributed by atoms with E-state index in [0.29, 0.717) is 0 Å². The van der Waals surface area contributed by atoms with E-state index >= 15 is 0 Å². The molecule has 2 rings (SSSR count). The van der Waals surface area contributed by atoms with Crippen molar-refractivity contribution in [1.29, 1.82) is 0 Å². The summed E-state index contributed by atoms with van der Waals surface area (Å²) in [4.78, 5) is 2.48. The summed E-state index contributed by atoms with van der Waals surface area (Å²) in [6.07, 6.45) is 6.12. The van der Waals surface area contributed by atoms with Crippen LogP contribution in [0.15, 0.2) is 47.1 Å². The SMILES string of the molecule is CCCN1CCC=C(CC(Cc2ccccc2)=NO)C1. The molecule has 0 bridgehead atoms. The molecule has 0 atom stereocenters. The summed E-state index contributed by atoms with van der Waals surface area (Å²) in [7, 11) is 0. The lowest BCUT2D eigenvalue weighted by atomic mass is 9.99. The van der Waals surface area contributed by atoms with E-state index in [1.54, 1.807) is 0 Å². The molecule has 1 aliphatic rings. The van der Waals surface area contributed by atoms with Crippen molar-refractivity contribution in [3.8, 4) is 0 Å². The highest BCUT2D eigenvalue weighted by Crippen LogP contribution is 2.15. The second kappa shape index (κ2) is 7.85. The van der Waals surface area contributed by atoms with Crippen LogP contribution in [0, 0.1) is 0 Å². The van der Waals surface area contributed by atoms with E-state index in [9.17, 15) is 5.21 Å². The minimum Gasteiger partial charge on any atom is -0.411 e. The zero-order valence-electron chi connectivity index (χ0n) is 12.3. The van der Waals surface area contributed by atoms with Crippen LogP contribution in [0.4, 0.5) is 0 Å². The molecule has 108 valence electrons. The average molecular weight is 272 g/mol. The molecule has 0 amide bonds. The van der Waals surface area contributed by atoms with Crippen LogP contribution < -0.4 is 0 Å². The molecule has 1 heterocycles. The Labute approximate surface area is 121 Å². The summed E-state index contributed by atoms with van der Waals surface area (Å²) in [5.41, 5.74) is 3.43. The molecule has 0 radical (unpaired) electrons. The molecule has 3 nitrogen and oxygen atoms in total. The Morgan fingerprint density at radius 3 is 2.75 bits per heavy atom. The van der Waals surface area contributed by atoms with Gasteiger partial charge in [0, 0.05) is 25.9 Å². The van der Waals surface area contributed by atoms with Crippen molar-refractivity contribution in [2.24, 2.45) is 5.16 Å². The predicted molar refractivity (Wildman–Crippen MR) is 83.4 cm³/mol. The number of oxime groups is 1. The summed E-state index contributed by atoms with van der Waals surface area (Å²) in [6.45, 7) is 5.54. The molecule has 1 N–H and O–H groups in total. The van der Waals surface area contributed by atoms with E-state index in [4.69, 9.17) is 0 Å². The molecular formula is C17H24N2O. The molecule has 3 heteroatoms. The van der Waals surface area contributed by atoms with E-state index in [1.165, 1.54) is 17.6 Å². The highest BCUT2D eigenvalue weighted by molar-refractivity contribution is 5.88. The van der Waals surface area contributed by atoms with Crippen molar-refractivity contribution in [1.82, 2.24) is 4.90 Å². The van der Waals surface area contributed by atoms with Gasteiger partial charge in [0.2, 0.25) is 0 Å². The summed E-state index contributed by atoms with van der Waals surface area (Å²) >= 11 is 0. The topological polar surface area (TPSA) is 35.8 Å². The van der Waals surface area contributed by atoms with Gasteiger partial charge in [0.15, 0.2) is 0 Å². The second-order valence-electron chi connectivity index (χ2n) is 5.43. The molecule has 0 aliphatic carbocycles. The number of hydrogen-bond donors (Lipinski definition) is 1. The van der Waals surface area contributed by atoms with Gasteiger partial charge in [-0.3, -0.25) is 4.90 Å². The van der Waals surface area contributed by atoms with Gasteiger partial charge in [0.1, 0.15) is 0 Å². The summed E-state index contributed by atoms with van der Waals surface area (Å²) in [5, 5.41) is 12.7. The number of hydrogen-bond acceptors (Lipinski definition) is 3. The van der Waals surface area contributed by atoms with Crippen molar-refractivity contribution in [3.63, 3.8) is 0 Å². The first-order valence-corrected chi connectivity index (χ1v) is 7.45. The first-order valence-electron chi connectivity index (χ1n) is 7.45. The van der Waals surface area contributed by atoms with Crippen LogP contribution >= 0.6 is 0 Å². The van der Waals surface area contributed by atoms with E-state index in [2.05, 4.69) is 35.2 Å². The molecule has 0 unspecified atom stereocenters. The van der Waals surface area contributed by atoms with Crippen LogP contribution in [0.5, 0.6) is 0 Å². The molecule has 0 spiro atoms. The molecule has 0 saturated carbocycles. The Hall–Kier alpha value is -1.61. The number of nitrogens with zero attached hydrogens (tertiary/aromatic N) is 2. The van der Waals surface area contributed by atoms with Gasteiger partial charge in [0.25, 0.3) is 0 Å². The van der Waals surface area contributed by atoms with Crippen molar-refractivity contribution in [2.45, 2.75) is 32.6 Å². The lowest BCUT2D eigenvalue weighted by Crippen LogP contribution is -2.31. The largest absolute Gasteiger partial charge is 0.411 e. The van der Waals surface area contributed by atoms with Crippen LogP contribution in [0.25, 0.3) is 0 Å². The lowest BCUT2D eigenvalue weighted by molar-refractivity contribution is 0.288. The normalized spacial score (nSPS) is 17.1. The van der Waals surface area contributed by atoms with Crippen molar-refractivity contribution in [3.05, 3.63) is 47.5 Å². The van der Waals surface area contributed by atoms with Gasteiger partial charge >= 0.3 is 0 Å². The third-order valence-electron chi connectivity index (χ3n) is 3.67. The van der Waals surface area contributed by atoms with Gasteiger partial charge in [-0.2, -0.15) is 0 Å². The van der Waals surface area contributed by atoms with Gasteiger partial charge in [-0.1, -0.05) is 54.1 Å². The molecular weight excluding hydrogens is 248 g/mol. The van der Waals surface area contributed by atoms with Gasteiger partial charge in [-0.15, -0.1) is 0 Å². The summed E-state index contributed by atoms with van der Waals surface area (Å²) in [5.74, 6) is 0. The maximum absolute atomic E-state index is 9.23. The molecule has 0 fully saturated rings. The van der Waals surface area contributed by atoms with Gasteiger partial charge in [0.05, 0.1) is 5.71 Å². The van der Waals surface area contributed by atoms with Crippen LogP contribution in [0.1, 0.15) is 31.7 Å². The highest BCUT2D eigenvalue weighted by Gasteiger charge is 2.14. The monoisotopic (exact) mass is 272 g/mol. The van der Waals surface area contributed by atoms with Crippen LogP contribution in [-0.2, 0) is 6.42 Å². The standard InChI is InChI=1S/C17H24N2O/c1-2-10-19-11-6-9-16(14-19)13-17(18-20)12-15-7-4-3-5-8-15/h3-5,7-9,20H,2,6,10-14H2,1H3. The molecule has 20 heavy (non-hydrogen) atoms. The number of rotatable bonds is 6. The van der Waals surface area contributed by atoms with E-state index in [1.807, 2.05) is 18.2 Å². The minimum absolute atomic E-state index is 0.725. The first kappa shape index (κ1) is 14.8. The molecule has 1 aromatic carbocycles. The van der Waals surface area contributed by atoms with Gasteiger partial charge in [-0.05, 0) is 24.9 Å². The Morgan fingerprint density at radius 2 is 2.05 bits per heavy atom. The molecule has 0 aromatic heterocycles. The lowest BCUT2D eigenvalue weighted by Gasteiger charge is -2.27. The van der Waals surface area contributed by atoms with Crippen LogP contribution in [0.3, 0.4) is 0 Å². The van der Waals surface area contributed by atoms with Crippen LogP contribution in [-0.4, -0.2) is 35.5 Å². The first-order chi connectivity index (χ1) is 9.81. The third kappa shape index (κ3) is 4.49. The summed E-state index contributed by atoms with van der Waals surface area (Å²) in [6, 6.07) is 10.2. The zero-order chi connectivity index (χ0) is 14.2. The van der Waals surface area contributed by atoms with E-state index in [0.717, 1.165) is 44.6 Å². The maximum Gasteiger partial charge on any atom is 0.0655 e. The van der Waals surface area contributed by atoms with E-state index in [-0.39, 0.29) is 0 Å². The molecule has 0 saturated heterocycles. The maximum atomic E-state index is 9.23. The smallest absolute Gasteiger partial charge is 0.0655 e. The fourth-order valence-corrected chi connectivity index (χ4v) is 2.74. The highest BCUT2D eigenvalue weighted by atomic mass is 16.4.